The van der Waals surface area contributed by atoms with Crippen molar-refractivity contribution in [2.45, 2.75) is 25.3 Å². The molecule has 0 aliphatic carbocycles. The molecule has 128 valence electrons. The smallest absolute Gasteiger partial charge is 0.262 e. The van der Waals surface area contributed by atoms with Crippen LogP contribution < -0.4 is 10.5 Å². The third-order valence-corrected chi connectivity index (χ3v) is 3.64. The van der Waals surface area contributed by atoms with Gasteiger partial charge < -0.3 is 20.4 Å². The van der Waals surface area contributed by atoms with Gasteiger partial charge in [0.15, 0.2) is 0 Å². The van der Waals surface area contributed by atoms with Gasteiger partial charge in [-0.05, 0) is 24.6 Å². The Morgan fingerprint density at radius 2 is 2.00 bits per heavy atom. The second-order valence-electron chi connectivity index (χ2n) is 5.32. The monoisotopic (exact) mass is 334 g/mol. The molecule has 0 saturated heterocycles. The molecule has 1 aromatic rings. The van der Waals surface area contributed by atoms with Crippen LogP contribution in [0.2, 0.25) is 0 Å². The number of hydrogen-bond donors (Lipinski definition) is 2. The molecule has 2 rings (SSSR count). The van der Waals surface area contributed by atoms with E-state index in [1.807, 2.05) is 0 Å². The predicted octanol–water partition coefficient (Wildman–Crippen LogP) is -0.123. The van der Waals surface area contributed by atoms with Crippen molar-refractivity contribution in [3.05, 3.63) is 29.3 Å². The SMILES string of the molecule is NC(=O)CCC(C=O)N1C(=O)c2ccc(OCCCO)cc2C1=O. The number of primary amides is 1. The molecule has 3 amide bonds. The zero-order chi connectivity index (χ0) is 17.7. The zero-order valence-corrected chi connectivity index (χ0v) is 12.9. The molecule has 0 saturated carbocycles. The Morgan fingerprint density at radius 1 is 1.29 bits per heavy atom. The minimum Gasteiger partial charge on any atom is -0.493 e. The lowest BCUT2D eigenvalue weighted by Crippen LogP contribution is -2.41. The summed E-state index contributed by atoms with van der Waals surface area (Å²) in [5, 5.41) is 8.74. The van der Waals surface area contributed by atoms with Crippen LogP contribution in [0.5, 0.6) is 5.75 Å². The quantitative estimate of drug-likeness (QED) is 0.368. The highest BCUT2D eigenvalue weighted by Crippen LogP contribution is 2.29. The van der Waals surface area contributed by atoms with E-state index in [1.54, 1.807) is 6.07 Å². The number of imide groups is 1. The first-order chi connectivity index (χ1) is 11.5. The lowest BCUT2D eigenvalue weighted by molar-refractivity contribution is -0.118. The summed E-state index contributed by atoms with van der Waals surface area (Å²) in [6, 6.07) is 3.40. The fraction of sp³-hybridized carbons (Fsp3) is 0.375. The molecule has 3 N–H and O–H groups in total. The van der Waals surface area contributed by atoms with Crippen molar-refractivity contribution in [2.75, 3.05) is 13.2 Å². The largest absolute Gasteiger partial charge is 0.493 e. The Morgan fingerprint density at radius 3 is 2.62 bits per heavy atom. The number of hydrogen-bond acceptors (Lipinski definition) is 6. The molecule has 1 heterocycles. The van der Waals surface area contributed by atoms with Crippen molar-refractivity contribution in [1.29, 1.82) is 0 Å². The summed E-state index contributed by atoms with van der Waals surface area (Å²) in [6.45, 7) is 0.258. The maximum atomic E-state index is 12.5. The van der Waals surface area contributed by atoms with Crippen molar-refractivity contribution in [2.24, 2.45) is 5.73 Å². The highest BCUT2D eigenvalue weighted by Gasteiger charge is 2.40. The van der Waals surface area contributed by atoms with Gasteiger partial charge in [0.1, 0.15) is 12.0 Å². The minimum atomic E-state index is -1.04. The van der Waals surface area contributed by atoms with Gasteiger partial charge in [-0.3, -0.25) is 19.3 Å². The van der Waals surface area contributed by atoms with E-state index in [2.05, 4.69) is 0 Å². The van der Waals surface area contributed by atoms with Gasteiger partial charge in [0.25, 0.3) is 11.8 Å². The molecule has 0 spiro atoms. The summed E-state index contributed by atoms with van der Waals surface area (Å²) in [5.41, 5.74) is 5.37. The summed E-state index contributed by atoms with van der Waals surface area (Å²) in [7, 11) is 0. The van der Waals surface area contributed by atoms with E-state index in [9.17, 15) is 19.2 Å². The molecule has 1 aliphatic heterocycles. The van der Waals surface area contributed by atoms with Crippen molar-refractivity contribution in [1.82, 2.24) is 4.90 Å². The second-order valence-corrected chi connectivity index (χ2v) is 5.32. The maximum Gasteiger partial charge on any atom is 0.262 e. The Bertz CT molecular complexity index is 673. The van der Waals surface area contributed by atoms with Crippen molar-refractivity contribution in [3.63, 3.8) is 0 Å². The van der Waals surface area contributed by atoms with Crippen LogP contribution in [0.1, 0.15) is 40.0 Å². The number of nitrogens with two attached hydrogens (primary N) is 1. The highest BCUT2D eigenvalue weighted by atomic mass is 16.5. The van der Waals surface area contributed by atoms with Crippen molar-refractivity contribution < 1.29 is 29.0 Å². The first-order valence-corrected chi connectivity index (χ1v) is 7.48. The van der Waals surface area contributed by atoms with Gasteiger partial charge in [0, 0.05) is 19.4 Å². The number of ether oxygens (including phenoxy) is 1. The van der Waals surface area contributed by atoms with Crippen LogP contribution in [0.3, 0.4) is 0 Å². The minimum absolute atomic E-state index is 0.00976. The molecular weight excluding hydrogens is 316 g/mol. The molecule has 1 aromatic carbocycles. The third kappa shape index (κ3) is 3.60. The summed E-state index contributed by atoms with van der Waals surface area (Å²) in [4.78, 5) is 47.8. The van der Waals surface area contributed by atoms with Crippen LogP contribution in [0.15, 0.2) is 18.2 Å². The number of rotatable bonds is 9. The lowest BCUT2D eigenvalue weighted by Gasteiger charge is -2.20. The van der Waals surface area contributed by atoms with Gasteiger partial charge in [-0.15, -0.1) is 0 Å². The molecule has 1 aliphatic rings. The van der Waals surface area contributed by atoms with Gasteiger partial charge in [0.2, 0.25) is 5.91 Å². The maximum absolute atomic E-state index is 12.5. The Labute approximate surface area is 138 Å². The molecule has 8 heteroatoms. The van der Waals surface area contributed by atoms with Crippen LogP contribution in [-0.4, -0.2) is 53.3 Å². The summed E-state index contributed by atoms with van der Waals surface area (Å²) < 4.78 is 5.38. The standard InChI is InChI=1S/C16H18N2O6/c17-14(21)5-2-10(9-20)18-15(22)12-4-3-11(24-7-1-6-19)8-13(12)16(18)23/h3-4,8-10,19H,1-2,5-7H2,(H2,17,21). The third-order valence-electron chi connectivity index (χ3n) is 3.64. The molecule has 0 fully saturated rings. The predicted molar refractivity (Wildman–Crippen MR) is 82.4 cm³/mol. The Kier molecular flexibility index (Phi) is 5.64. The number of aliphatic hydroxyl groups excluding tert-OH is 1. The number of benzene rings is 1. The first kappa shape index (κ1) is 17.6. The summed E-state index contributed by atoms with van der Waals surface area (Å²) in [6.07, 6.45) is 0.788. The van der Waals surface area contributed by atoms with E-state index < -0.39 is 23.8 Å². The molecule has 24 heavy (non-hydrogen) atoms. The summed E-state index contributed by atoms with van der Waals surface area (Å²) in [5.74, 6) is -1.41. The van der Waals surface area contributed by atoms with Gasteiger partial charge in [-0.1, -0.05) is 0 Å². The molecular formula is C16H18N2O6. The number of nitrogens with zero attached hydrogens (tertiary/aromatic N) is 1. The molecule has 1 atom stereocenters. The van der Waals surface area contributed by atoms with Gasteiger partial charge in [-0.2, -0.15) is 0 Å². The molecule has 0 bridgehead atoms. The number of amides is 3. The molecule has 8 nitrogen and oxygen atoms in total. The van der Waals surface area contributed by atoms with Crippen LogP contribution >= 0.6 is 0 Å². The average Bonchev–Trinajstić information content (AvgIpc) is 2.80. The fourth-order valence-corrected chi connectivity index (χ4v) is 2.43. The average molecular weight is 334 g/mol. The number of fused-ring (bicyclic) bond motifs is 1. The Balaban J connectivity index is 2.20. The lowest BCUT2D eigenvalue weighted by atomic mass is 10.1. The van der Waals surface area contributed by atoms with E-state index >= 15 is 0 Å². The van der Waals surface area contributed by atoms with Crippen LogP contribution in [0.25, 0.3) is 0 Å². The van der Waals surface area contributed by atoms with Crippen LogP contribution in [0, 0.1) is 0 Å². The van der Waals surface area contributed by atoms with Gasteiger partial charge in [0.05, 0.1) is 23.8 Å². The second kappa shape index (κ2) is 7.69. The fourth-order valence-electron chi connectivity index (χ4n) is 2.43. The van der Waals surface area contributed by atoms with E-state index in [4.69, 9.17) is 15.6 Å². The number of aldehydes is 1. The molecule has 0 aromatic heterocycles. The molecule has 0 radical (unpaired) electrons. The van der Waals surface area contributed by atoms with E-state index in [0.29, 0.717) is 18.5 Å². The van der Waals surface area contributed by atoms with Crippen molar-refractivity contribution >= 4 is 24.0 Å². The van der Waals surface area contributed by atoms with E-state index in [1.165, 1.54) is 12.1 Å². The van der Waals surface area contributed by atoms with Crippen LogP contribution in [-0.2, 0) is 9.59 Å². The van der Waals surface area contributed by atoms with E-state index in [-0.39, 0.29) is 37.2 Å². The van der Waals surface area contributed by atoms with Crippen molar-refractivity contribution in [3.8, 4) is 5.75 Å². The highest BCUT2D eigenvalue weighted by molar-refractivity contribution is 6.22. The number of carbonyl (C=O) groups excluding carboxylic acids is 4. The normalized spacial score (nSPS) is 14.5. The molecule has 1 unspecified atom stereocenters. The topological polar surface area (TPSA) is 127 Å². The first-order valence-electron chi connectivity index (χ1n) is 7.48. The zero-order valence-electron chi connectivity index (χ0n) is 12.9. The number of aliphatic hydroxyl groups is 1. The van der Waals surface area contributed by atoms with Gasteiger partial charge >= 0.3 is 0 Å². The number of carbonyl (C=O) groups is 4. The summed E-state index contributed by atoms with van der Waals surface area (Å²) >= 11 is 0. The Hall–Kier alpha value is -2.74. The van der Waals surface area contributed by atoms with E-state index in [0.717, 1.165) is 4.90 Å². The van der Waals surface area contributed by atoms with Crippen LogP contribution in [0.4, 0.5) is 0 Å². The van der Waals surface area contributed by atoms with Gasteiger partial charge in [-0.25, -0.2) is 0 Å².